The topological polar surface area (TPSA) is 42.4 Å². The number of benzene rings is 2. The van der Waals surface area contributed by atoms with Crippen molar-refractivity contribution < 1.29 is 9.53 Å². The lowest BCUT2D eigenvalue weighted by Gasteiger charge is -2.27. The highest BCUT2D eigenvalue weighted by Crippen LogP contribution is 2.25. The Morgan fingerprint density at radius 3 is 2.54 bits per heavy atom. The summed E-state index contributed by atoms with van der Waals surface area (Å²) < 4.78 is 5.85. The molecule has 144 valence electrons. The summed E-state index contributed by atoms with van der Waals surface area (Å²) in [6.07, 6.45) is 2.83. The summed E-state index contributed by atoms with van der Waals surface area (Å²) in [6, 6.07) is 19.1. The fourth-order valence-electron chi connectivity index (χ4n) is 2.96. The van der Waals surface area contributed by atoms with Gasteiger partial charge in [0.05, 0.1) is 5.02 Å². The van der Waals surface area contributed by atoms with Crippen LogP contribution in [0.3, 0.4) is 0 Å². The second kappa shape index (κ2) is 9.38. The molecule has 3 rings (SSSR count). The average molecular weight is 395 g/mol. The largest absolute Gasteiger partial charge is 0.479 e. The number of para-hydroxylation sites is 1. The van der Waals surface area contributed by atoms with E-state index in [-0.39, 0.29) is 5.91 Å². The molecule has 0 aliphatic carbocycles. The number of ether oxygens (including phenoxy) is 1. The first-order valence-electron chi connectivity index (χ1n) is 9.18. The molecule has 0 N–H and O–H groups in total. The zero-order chi connectivity index (χ0) is 19.9. The third kappa shape index (κ3) is 5.11. The average Bonchev–Trinajstić information content (AvgIpc) is 2.71. The van der Waals surface area contributed by atoms with Gasteiger partial charge >= 0.3 is 0 Å². The van der Waals surface area contributed by atoms with Gasteiger partial charge in [-0.05, 0) is 48.7 Å². The summed E-state index contributed by atoms with van der Waals surface area (Å²) in [6.45, 7) is 4.75. The predicted octanol–water partition coefficient (Wildman–Crippen LogP) is 5.04. The zero-order valence-corrected chi connectivity index (χ0v) is 16.8. The van der Waals surface area contributed by atoms with Gasteiger partial charge in [0.1, 0.15) is 5.75 Å². The number of rotatable bonds is 7. The van der Waals surface area contributed by atoms with Crippen LogP contribution in [-0.2, 0) is 17.9 Å². The number of pyridine rings is 1. The van der Waals surface area contributed by atoms with Crippen LogP contribution in [0.1, 0.15) is 23.6 Å². The van der Waals surface area contributed by atoms with E-state index < -0.39 is 6.10 Å². The Bertz CT molecular complexity index is 931. The Kier molecular flexibility index (Phi) is 6.66. The van der Waals surface area contributed by atoms with Crippen LogP contribution in [0, 0.1) is 6.92 Å². The fraction of sp³-hybridized carbons (Fsp3) is 0.217. The maximum Gasteiger partial charge on any atom is 0.263 e. The molecule has 0 aliphatic rings. The van der Waals surface area contributed by atoms with E-state index in [0.29, 0.717) is 23.9 Å². The SMILES string of the molecule is Cc1ccccc1CN(Cc1cccnc1)C(=O)C(C)Oc1ccccc1Cl. The van der Waals surface area contributed by atoms with E-state index >= 15 is 0 Å². The van der Waals surface area contributed by atoms with E-state index in [1.165, 1.54) is 0 Å². The summed E-state index contributed by atoms with van der Waals surface area (Å²) in [4.78, 5) is 19.2. The minimum absolute atomic E-state index is 0.105. The van der Waals surface area contributed by atoms with Gasteiger partial charge in [0.25, 0.3) is 5.91 Å². The molecule has 0 saturated carbocycles. The minimum atomic E-state index is -0.666. The predicted molar refractivity (Wildman–Crippen MR) is 111 cm³/mol. The highest BCUT2D eigenvalue weighted by Gasteiger charge is 2.23. The van der Waals surface area contributed by atoms with Gasteiger partial charge in [-0.25, -0.2) is 0 Å². The van der Waals surface area contributed by atoms with Crippen LogP contribution in [0.4, 0.5) is 0 Å². The number of halogens is 1. The maximum atomic E-state index is 13.2. The molecule has 1 unspecified atom stereocenters. The van der Waals surface area contributed by atoms with Crippen molar-refractivity contribution in [1.82, 2.24) is 9.88 Å². The van der Waals surface area contributed by atoms with Gasteiger partial charge in [0.2, 0.25) is 0 Å². The second-order valence-electron chi connectivity index (χ2n) is 6.67. The monoisotopic (exact) mass is 394 g/mol. The molecule has 1 aromatic heterocycles. The van der Waals surface area contributed by atoms with E-state index in [4.69, 9.17) is 16.3 Å². The minimum Gasteiger partial charge on any atom is -0.479 e. The molecule has 28 heavy (non-hydrogen) atoms. The van der Waals surface area contributed by atoms with Gasteiger partial charge in [-0.15, -0.1) is 0 Å². The number of nitrogens with zero attached hydrogens (tertiary/aromatic N) is 2. The van der Waals surface area contributed by atoms with Crippen molar-refractivity contribution in [3.05, 3.63) is 94.8 Å². The Labute approximate surface area is 170 Å². The first-order chi connectivity index (χ1) is 13.5. The van der Waals surface area contributed by atoms with Crippen LogP contribution < -0.4 is 4.74 Å². The molecule has 1 amide bonds. The lowest BCUT2D eigenvalue weighted by Crippen LogP contribution is -2.39. The van der Waals surface area contributed by atoms with E-state index in [2.05, 4.69) is 4.98 Å². The molecule has 0 spiro atoms. The smallest absolute Gasteiger partial charge is 0.263 e. The summed E-state index contributed by atoms with van der Waals surface area (Å²) in [5, 5.41) is 0.486. The normalized spacial score (nSPS) is 11.7. The number of carbonyl (C=O) groups excluding carboxylic acids is 1. The van der Waals surface area contributed by atoms with Crippen LogP contribution in [0.15, 0.2) is 73.1 Å². The third-order valence-corrected chi connectivity index (χ3v) is 4.83. The van der Waals surface area contributed by atoms with Crippen molar-refractivity contribution in [2.24, 2.45) is 0 Å². The van der Waals surface area contributed by atoms with Crippen LogP contribution in [0.25, 0.3) is 0 Å². The van der Waals surface area contributed by atoms with Gasteiger partial charge in [-0.2, -0.15) is 0 Å². The summed E-state index contributed by atoms with van der Waals surface area (Å²) >= 11 is 6.17. The molecular formula is C23H23ClN2O2. The Hall–Kier alpha value is -2.85. The summed E-state index contributed by atoms with van der Waals surface area (Å²) in [5.74, 6) is 0.397. The van der Waals surface area contributed by atoms with Crippen molar-refractivity contribution >= 4 is 17.5 Å². The molecule has 5 heteroatoms. The number of hydrogen-bond acceptors (Lipinski definition) is 3. The number of hydrogen-bond donors (Lipinski definition) is 0. The first-order valence-corrected chi connectivity index (χ1v) is 9.56. The van der Waals surface area contributed by atoms with Crippen molar-refractivity contribution in [1.29, 1.82) is 0 Å². The van der Waals surface area contributed by atoms with Crippen molar-refractivity contribution in [2.75, 3.05) is 0 Å². The lowest BCUT2D eigenvalue weighted by atomic mass is 10.1. The zero-order valence-electron chi connectivity index (χ0n) is 16.0. The van der Waals surface area contributed by atoms with Gasteiger partial charge in [-0.3, -0.25) is 9.78 Å². The first kappa shape index (κ1) is 19.9. The summed E-state index contributed by atoms with van der Waals surface area (Å²) in [5.41, 5.74) is 3.21. The van der Waals surface area contributed by atoms with E-state index in [9.17, 15) is 4.79 Å². The fourth-order valence-corrected chi connectivity index (χ4v) is 3.14. The molecule has 1 atom stereocenters. The molecular weight excluding hydrogens is 372 g/mol. The number of carbonyl (C=O) groups is 1. The van der Waals surface area contributed by atoms with Gasteiger partial charge in [-0.1, -0.05) is 54.1 Å². The van der Waals surface area contributed by atoms with Crippen molar-refractivity contribution in [3.8, 4) is 5.75 Å². The third-order valence-electron chi connectivity index (χ3n) is 4.52. The molecule has 0 bridgehead atoms. The molecule has 1 heterocycles. The van der Waals surface area contributed by atoms with Crippen LogP contribution in [0.2, 0.25) is 5.02 Å². The summed E-state index contributed by atoms with van der Waals surface area (Å²) in [7, 11) is 0. The molecule has 0 fully saturated rings. The van der Waals surface area contributed by atoms with Crippen molar-refractivity contribution in [2.45, 2.75) is 33.0 Å². The van der Waals surface area contributed by atoms with Gasteiger partial charge in [0, 0.05) is 25.5 Å². The van der Waals surface area contributed by atoms with E-state index in [0.717, 1.165) is 16.7 Å². The van der Waals surface area contributed by atoms with Crippen LogP contribution in [0.5, 0.6) is 5.75 Å². The second-order valence-corrected chi connectivity index (χ2v) is 7.08. The molecule has 0 saturated heterocycles. The molecule has 0 aliphatic heterocycles. The van der Waals surface area contributed by atoms with Gasteiger partial charge < -0.3 is 9.64 Å². The Balaban J connectivity index is 1.81. The lowest BCUT2D eigenvalue weighted by molar-refractivity contribution is -0.139. The van der Waals surface area contributed by atoms with Crippen LogP contribution >= 0.6 is 11.6 Å². The highest BCUT2D eigenvalue weighted by molar-refractivity contribution is 6.32. The number of aryl methyl sites for hydroxylation is 1. The Morgan fingerprint density at radius 2 is 1.82 bits per heavy atom. The number of aromatic nitrogens is 1. The molecule has 4 nitrogen and oxygen atoms in total. The Morgan fingerprint density at radius 1 is 1.07 bits per heavy atom. The standard InChI is InChI=1S/C23H23ClN2O2/c1-17-8-3-4-10-20(17)16-26(15-19-9-7-13-25-14-19)23(27)18(2)28-22-12-6-5-11-21(22)24/h3-14,18H,15-16H2,1-2H3. The van der Waals surface area contributed by atoms with Crippen molar-refractivity contribution in [3.63, 3.8) is 0 Å². The number of amides is 1. The molecule has 0 radical (unpaired) electrons. The maximum absolute atomic E-state index is 13.2. The van der Waals surface area contributed by atoms with Crippen LogP contribution in [-0.4, -0.2) is 21.9 Å². The highest BCUT2D eigenvalue weighted by atomic mass is 35.5. The van der Waals surface area contributed by atoms with E-state index in [1.54, 1.807) is 36.4 Å². The van der Waals surface area contributed by atoms with Gasteiger partial charge in [0.15, 0.2) is 6.10 Å². The molecule has 2 aromatic carbocycles. The van der Waals surface area contributed by atoms with E-state index in [1.807, 2.05) is 55.5 Å². The molecule has 3 aromatic rings. The quantitative estimate of drug-likeness (QED) is 0.563.